The molecule has 3 aliphatic heterocycles. The van der Waals surface area contributed by atoms with E-state index >= 15 is 0 Å². The van der Waals surface area contributed by atoms with Crippen LogP contribution < -0.4 is 0 Å². The lowest BCUT2D eigenvalue weighted by atomic mass is 9.84. The zero-order valence-corrected chi connectivity index (χ0v) is 13.7. The highest BCUT2D eigenvalue weighted by Gasteiger charge is 2.85. The van der Waals surface area contributed by atoms with Gasteiger partial charge in [-0.15, -0.1) is 0 Å². The number of imide groups is 1. The molecule has 2 bridgehead atoms. The zero-order valence-electron chi connectivity index (χ0n) is 9.86. The summed E-state index contributed by atoms with van der Waals surface area (Å²) in [4.78, 5) is 25.5. The Kier molecular flexibility index (Phi) is 2.86. The predicted molar refractivity (Wildman–Crippen MR) is 74.2 cm³/mol. The van der Waals surface area contributed by atoms with Crippen LogP contribution in [0.2, 0.25) is 0 Å². The van der Waals surface area contributed by atoms with Crippen LogP contribution in [0.1, 0.15) is 6.92 Å². The number of likely N-dealkylation sites (tertiary alicyclic amines) is 1. The molecule has 0 N–H and O–H groups in total. The second-order valence-corrected chi connectivity index (χ2v) is 9.49. The Labute approximate surface area is 134 Å². The number of rotatable bonds is 1. The average Bonchev–Trinajstić information content (AvgIpc) is 2.75. The minimum absolute atomic E-state index is 0.0971. The molecular weight excluding hydrogens is 372 g/mol. The number of hydrogen-bond donors (Lipinski definition) is 0. The van der Waals surface area contributed by atoms with E-state index in [2.05, 4.69) is 0 Å². The Hall–Kier alpha value is -0.0100. The Balaban J connectivity index is 2.37. The van der Waals surface area contributed by atoms with Crippen LogP contribution in [0.4, 0.5) is 0 Å². The van der Waals surface area contributed by atoms with E-state index in [0.717, 1.165) is 4.90 Å². The van der Waals surface area contributed by atoms with Crippen LogP contribution in [0.5, 0.6) is 0 Å². The van der Waals surface area contributed by atoms with Crippen molar-refractivity contribution >= 4 is 68.1 Å². The average molecular weight is 379 g/mol. The van der Waals surface area contributed by atoms with Crippen LogP contribution in [0.25, 0.3) is 0 Å². The third-order valence-electron chi connectivity index (χ3n) is 4.09. The van der Waals surface area contributed by atoms with Gasteiger partial charge in [-0.25, -0.2) is 8.42 Å². The Morgan fingerprint density at radius 1 is 1.05 bits per heavy atom. The number of sulfone groups is 1. The molecule has 0 aromatic rings. The SMILES string of the molecule is CCN1C(=O)C2C(C1=O)[C@]1(Cl)C(Cl)=C(Cl)C2(Cl)S1(=O)=O. The summed E-state index contributed by atoms with van der Waals surface area (Å²) in [5, 5.41) is -0.785. The van der Waals surface area contributed by atoms with E-state index in [4.69, 9.17) is 46.4 Å². The number of carbonyl (C=O) groups excluding carboxylic acids is 2. The number of nitrogens with zero attached hydrogens (tertiary/aromatic N) is 1. The van der Waals surface area contributed by atoms with Gasteiger partial charge in [0.15, 0.2) is 8.41 Å². The summed E-state index contributed by atoms with van der Waals surface area (Å²) in [7, 11) is -4.32. The summed E-state index contributed by atoms with van der Waals surface area (Å²) in [6.45, 7) is 1.69. The molecule has 5 nitrogen and oxygen atoms in total. The van der Waals surface area contributed by atoms with Gasteiger partial charge in [-0.3, -0.25) is 14.5 Å². The number of carbonyl (C=O) groups is 2. The van der Waals surface area contributed by atoms with Gasteiger partial charge in [0.25, 0.3) is 0 Å². The van der Waals surface area contributed by atoms with E-state index in [1.807, 2.05) is 0 Å². The molecular formula is C10H7Cl4NO4S. The number of halogens is 4. The lowest BCUT2D eigenvalue weighted by Crippen LogP contribution is -2.42. The predicted octanol–water partition coefficient (Wildman–Crippen LogP) is 1.61. The summed E-state index contributed by atoms with van der Waals surface area (Å²) in [5.41, 5.74) is 0. The fraction of sp³-hybridized carbons (Fsp3) is 0.600. The Morgan fingerprint density at radius 3 is 1.70 bits per heavy atom. The topological polar surface area (TPSA) is 71.5 Å². The van der Waals surface area contributed by atoms with E-state index in [-0.39, 0.29) is 6.54 Å². The molecule has 0 aliphatic carbocycles. The maximum Gasteiger partial charge on any atom is 0.236 e. The molecule has 0 aromatic heterocycles. The van der Waals surface area contributed by atoms with E-state index < -0.39 is 52.0 Å². The van der Waals surface area contributed by atoms with Crippen molar-refractivity contribution in [2.45, 2.75) is 15.3 Å². The second-order valence-electron chi connectivity index (χ2n) is 4.80. The standard InChI is InChI=1S/C10H7Cl4NO4S/c1-2-15-7(16)3-4(8(15)17)10(14)6(12)5(11)9(3,13)20(10,18)19/h3-4H,2H2,1H3/t3?,4?,9-,10?/m1/s1. The highest BCUT2D eigenvalue weighted by molar-refractivity contribution is 7.98. The second kappa shape index (κ2) is 3.84. The van der Waals surface area contributed by atoms with E-state index in [1.54, 1.807) is 6.92 Å². The smallest absolute Gasteiger partial charge is 0.236 e. The van der Waals surface area contributed by atoms with Crippen LogP contribution in [0.15, 0.2) is 10.1 Å². The molecule has 3 heterocycles. The number of fused-ring (bicyclic) bond motifs is 5. The molecule has 4 atom stereocenters. The van der Waals surface area contributed by atoms with Gasteiger partial charge in [0.2, 0.25) is 21.7 Å². The Morgan fingerprint density at radius 2 is 1.40 bits per heavy atom. The highest BCUT2D eigenvalue weighted by Crippen LogP contribution is 2.71. The summed E-state index contributed by atoms with van der Waals surface area (Å²) < 4.78 is 20.5. The van der Waals surface area contributed by atoms with Gasteiger partial charge in [0, 0.05) is 6.54 Å². The first-order chi connectivity index (χ1) is 9.08. The quantitative estimate of drug-likeness (QED) is 0.513. The molecule has 3 aliphatic rings. The van der Waals surface area contributed by atoms with Gasteiger partial charge in [0.05, 0.1) is 21.9 Å². The molecule has 2 fully saturated rings. The lowest BCUT2D eigenvalue weighted by molar-refractivity contribution is -0.139. The largest absolute Gasteiger partial charge is 0.282 e. The van der Waals surface area contributed by atoms with E-state index in [9.17, 15) is 18.0 Å². The lowest BCUT2D eigenvalue weighted by Gasteiger charge is -2.25. The monoisotopic (exact) mass is 377 g/mol. The molecule has 10 heteroatoms. The third kappa shape index (κ3) is 1.12. The van der Waals surface area contributed by atoms with Gasteiger partial charge >= 0.3 is 0 Å². The molecule has 2 amide bonds. The minimum atomic E-state index is -4.32. The molecule has 3 rings (SSSR count). The van der Waals surface area contributed by atoms with Gasteiger partial charge in [-0.2, -0.15) is 0 Å². The number of hydrogen-bond acceptors (Lipinski definition) is 4. The molecule has 3 unspecified atom stereocenters. The molecule has 0 spiro atoms. The summed E-state index contributed by atoms with van der Waals surface area (Å²) >= 11 is 24.2. The van der Waals surface area contributed by atoms with Crippen molar-refractivity contribution in [3.05, 3.63) is 10.1 Å². The highest BCUT2D eigenvalue weighted by atomic mass is 35.5. The maximum atomic E-state index is 12.5. The van der Waals surface area contributed by atoms with Crippen LogP contribution >= 0.6 is 46.4 Å². The molecule has 0 radical (unpaired) electrons. The fourth-order valence-electron chi connectivity index (χ4n) is 3.15. The Bertz CT molecular complexity index is 654. The summed E-state index contributed by atoms with van der Waals surface area (Å²) in [6.07, 6.45) is 0. The van der Waals surface area contributed by atoms with Crippen molar-refractivity contribution < 1.29 is 18.0 Å². The molecule has 0 saturated carbocycles. The van der Waals surface area contributed by atoms with Crippen molar-refractivity contribution in [1.82, 2.24) is 4.90 Å². The van der Waals surface area contributed by atoms with Gasteiger partial charge in [-0.05, 0) is 6.92 Å². The summed E-state index contributed by atoms with van der Waals surface area (Å²) in [6, 6.07) is 0. The van der Waals surface area contributed by atoms with Gasteiger partial charge in [-0.1, -0.05) is 46.4 Å². The first-order valence-corrected chi connectivity index (χ1v) is 8.61. The molecule has 20 heavy (non-hydrogen) atoms. The van der Waals surface area contributed by atoms with Crippen molar-refractivity contribution in [1.29, 1.82) is 0 Å². The maximum absolute atomic E-state index is 12.5. The van der Waals surface area contributed by atoms with Crippen molar-refractivity contribution in [3.63, 3.8) is 0 Å². The van der Waals surface area contributed by atoms with Crippen LogP contribution in [-0.2, 0) is 19.4 Å². The fourth-order valence-corrected chi connectivity index (χ4v) is 8.22. The first kappa shape index (κ1) is 14.9. The van der Waals surface area contributed by atoms with Crippen LogP contribution in [-0.4, -0.2) is 40.1 Å². The molecule has 110 valence electrons. The van der Waals surface area contributed by atoms with Crippen LogP contribution in [0, 0.1) is 11.8 Å². The normalized spacial score (nSPS) is 45.5. The number of amides is 2. The zero-order chi connectivity index (χ0) is 15.2. The van der Waals surface area contributed by atoms with E-state index in [1.165, 1.54) is 0 Å². The van der Waals surface area contributed by atoms with Crippen molar-refractivity contribution in [2.75, 3.05) is 6.54 Å². The van der Waals surface area contributed by atoms with Gasteiger partial charge < -0.3 is 0 Å². The first-order valence-electron chi connectivity index (χ1n) is 5.61. The molecule has 2 saturated heterocycles. The summed E-state index contributed by atoms with van der Waals surface area (Å²) in [5.74, 6) is -4.06. The van der Waals surface area contributed by atoms with E-state index in [0.29, 0.717) is 0 Å². The molecule has 0 aromatic carbocycles. The van der Waals surface area contributed by atoms with Crippen LogP contribution in [0.3, 0.4) is 0 Å². The minimum Gasteiger partial charge on any atom is -0.282 e. The van der Waals surface area contributed by atoms with Gasteiger partial charge in [0.1, 0.15) is 0 Å². The van der Waals surface area contributed by atoms with Crippen molar-refractivity contribution in [3.8, 4) is 0 Å². The number of alkyl halides is 2. The van der Waals surface area contributed by atoms with Crippen molar-refractivity contribution in [2.24, 2.45) is 11.8 Å². The third-order valence-corrected chi connectivity index (χ3v) is 10.1.